The standard InChI is InChI=1S/C12H13NO2/c1-15-10-4-2-8-6-7-13-11(14)5-3-9(10)12(8)13/h2,4H,3,5-7H2,1H3. The number of carbonyl (C=O) groups is 1. The van der Waals surface area contributed by atoms with Crippen molar-refractivity contribution in [2.75, 3.05) is 18.6 Å². The fraction of sp³-hybridized carbons (Fsp3) is 0.417. The Morgan fingerprint density at radius 2 is 2.13 bits per heavy atom. The van der Waals surface area contributed by atoms with Crippen molar-refractivity contribution in [1.82, 2.24) is 0 Å². The van der Waals surface area contributed by atoms with Crippen molar-refractivity contribution in [3.8, 4) is 5.75 Å². The first-order valence-corrected chi connectivity index (χ1v) is 5.30. The lowest BCUT2D eigenvalue weighted by molar-refractivity contribution is -0.118. The molecule has 1 amide bonds. The second kappa shape index (κ2) is 2.99. The van der Waals surface area contributed by atoms with Crippen molar-refractivity contribution in [1.29, 1.82) is 0 Å². The predicted molar refractivity (Wildman–Crippen MR) is 57.4 cm³/mol. The van der Waals surface area contributed by atoms with Gasteiger partial charge in [0.15, 0.2) is 0 Å². The summed E-state index contributed by atoms with van der Waals surface area (Å²) < 4.78 is 5.34. The Morgan fingerprint density at radius 3 is 2.93 bits per heavy atom. The fourth-order valence-electron chi connectivity index (χ4n) is 2.60. The zero-order valence-corrected chi connectivity index (χ0v) is 8.75. The van der Waals surface area contributed by atoms with Crippen LogP contribution in [0.3, 0.4) is 0 Å². The van der Waals surface area contributed by atoms with Crippen LogP contribution in [0.5, 0.6) is 5.75 Å². The van der Waals surface area contributed by atoms with Gasteiger partial charge >= 0.3 is 0 Å². The molecule has 0 atom stereocenters. The van der Waals surface area contributed by atoms with E-state index in [4.69, 9.17) is 4.74 Å². The van der Waals surface area contributed by atoms with Crippen LogP contribution in [0.4, 0.5) is 5.69 Å². The van der Waals surface area contributed by atoms with Crippen LogP contribution >= 0.6 is 0 Å². The van der Waals surface area contributed by atoms with Crippen LogP contribution in [0, 0.1) is 0 Å². The number of hydrogen-bond acceptors (Lipinski definition) is 2. The minimum Gasteiger partial charge on any atom is -0.496 e. The average molecular weight is 203 g/mol. The van der Waals surface area contributed by atoms with Gasteiger partial charge in [0.1, 0.15) is 5.75 Å². The molecule has 0 aliphatic carbocycles. The Kier molecular flexibility index (Phi) is 1.75. The van der Waals surface area contributed by atoms with Crippen LogP contribution in [-0.2, 0) is 17.6 Å². The average Bonchev–Trinajstić information content (AvgIpc) is 2.69. The lowest BCUT2D eigenvalue weighted by atomic mass is 9.98. The molecule has 0 saturated heterocycles. The van der Waals surface area contributed by atoms with Crippen molar-refractivity contribution >= 4 is 11.6 Å². The van der Waals surface area contributed by atoms with E-state index in [-0.39, 0.29) is 5.91 Å². The summed E-state index contributed by atoms with van der Waals surface area (Å²) in [5.41, 5.74) is 3.64. The topological polar surface area (TPSA) is 29.5 Å². The van der Waals surface area contributed by atoms with Gasteiger partial charge in [-0.05, 0) is 24.5 Å². The van der Waals surface area contributed by atoms with Gasteiger partial charge in [-0.2, -0.15) is 0 Å². The molecule has 0 saturated carbocycles. The molecule has 0 unspecified atom stereocenters. The summed E-state index contributed by atoms with van der Waals surface area (Å²) in [6.45, 7) is 0.842. The molecule has 1 aromatic rings. The lowest BCUT2D eigenvalue weighted by Crippen LogP contribution is -2.33. The molecule has 2 aliphatic heterocycles. The number of methoxy groups -OCH3 is 1. The van der Waals surface area contributed by atoms with Crippen molar-refractivity contribution in [3.05, 3.63) is 23.3 Å². The SMILES string of the molecule is COc1ccc2c3c1CCC(=O)N3CC2. The van der Waals surface area contributed by atoms with E-state index in [1.54, 1.807) is 7.11 Å². The normalized spacial score (nSPS) is 17.9. The van der Waals surface area contributed by atoms with Gasteiger partial charge < -0.3 is 9.64 Å². The molecule has 0 bridgehead atoms. The molecule has 3 heteroatoms. The lowest BCUT2D eigenvalue weighted by Gasteiger charge is -2.26. The Bertz CT molecular complexity index is 439. The summed E-state index contributed by atoms with van der Waals surface area (Å²) in [5, 5.41) is 0. The molecule has 2 heterocycles. The molecular weight excluding hydrogens is 190 g/mol. The first kappa shape index (κ1) is 8.77. The van der Waals surface area contributed by atoms with Crippen LogP contribution < -0.4 is 9.64 Å². The van der Waals surface area contributed by atoms with Crippen molar-refractivity contribution in [2.45, 2.75) is 19.3 Å². The molecule has 0 fully saturated rings. The van der Waals surface area contributed by atoms with Gasteiger partial charge in [0, 0.05) is 18.5 Å². The third kappa shape index (κ3) is 1.09. The highest BCUT2D eigenvalue weighted by Gasteiger charge is 2.32. The zero-order chi connectivity index (χ0) is 10.4. The molecule has 78 valence electrons. The number of benzene rings is 1. The Hall–Kier alpha value is -1.51. The van der Waals surface area contributed by atoms with E-state index in [9.17, 15) is 4.79 Å². The van der Waals surface area contributed by atoms with Gasteiger partial charge in [0.2, 0.25) is 5.91 Å². The van der Waals surface area contributed by atoms with Gasteiger partial charge in [-0.25, -0.2) is 0 Å². The van der Waals surface area contributed by atoms with Gasteiger partial charge in [-0.15, -0.1) is 0 Å². The molecule has 3 nitrogen and oxygen atoms in total. The van der Waals surface area contributed by atoms with Gasteiger partial charge in [-0.3, -0.25) is 4.79 Å². The van der Waals surface area contributed by atoms with Crippen LogP contribution in [-0.4, -0.2) is 19.6 Å². The van der Waals surface area contributed by atoms with Crippen molar-refractivity contribution in [3.63, 3.8) is 0 Å². The highest BCUT2D eigenvalue weighted by Crippen LogP contribution is 2.41. The van der Waals surface area contributed by atoms with E-state index >= 15 is 0 Å². The van der Waals surface area contributed by atoms with E-state index in [1.165, 1.54) is 11.1 Å². The van der Waals surface area contributed by atoms with E-state index in [0.717, 1.165) is 30.8 Å². The number of ether oxygens (including phenoxy) is 1. The molecule has 0 aromatic heterocycles. The molecule has 1 aromatic carbocycles. The number of hydrogen-bond donors (Lipinski definition) is 0. The summed E-state index contributed by atoms with van der Waals surface area (Å²) in [4.78, 5) is 13.6. The van der Waals surface area contributed by atoms with E-state index in [2.05, 4.69) is 6.07 Å². The molecular formula is C12H13NO2. The monoisotopic (exact) mass is 203 g/mol. The highest BCUT2D eigenvalue weighted by atomic mass is 16.5. The molecule has 2 aliphatic rings. The third-order valence-corrected chi connectivity index (χ3v) is 3.31. The first-order chi connectivity index (χ1) is 7.31. The Balaban J connectivity index is 2.22. The molecule has 3 rings (SSSR count). The highest BCUT2D eigenvalue weighted by molar-refractivity contribution is 5.99. The molecule has 15 heavy (non-hydrogen) atoms. The number of nitrogens with zero attached hydrogens (tertiary/aromatic N) is 1. The smallest absolute Gasteiger partial charge is 0.227 e. The number of amides is 1. The summed E-state index contributed by atoms with van der Waals surface area (Å²) in [5.74, 6) is 1.18. The maximum absolute atomic E-state index is 11.7. The maximum Gasteiger partial charge on any atom is 0.227 e. The first-order valence-electron chi connectivity index (χ1n) is 5.30. The van der Waals surface area contributed by atoms with Crippen LogP contribution in [0.2, 0.25) is 0 Å². The zero-order valence-electron chi connectivity index (χ0n) is 8.75. The molecule has 0 radical (unpaired) electrons. The fourth-order valence-corrected chi connectivity index (χ4v) is 2.60. The predicted octanol–water partition coefficient (Wildman–Crippen LogP) is 1.53. The van der Waals surface area contributed by atoms with Crippen molar-refractivity contribution < 1.29 is 9.53 Å². The quantitative estimate of drug-likeness (QED) is 0.692. The minimum absolute atomic E-state index is 0.259. The largest absolute Gasteiger partial charge is 0.496 e. The number of rotatable bonds is 1. The number of carbonyl (C=O) groups excluding carboxylic acids is 1. The second-order valence-electron chi connectivity index (χ2n) is 4.05. The summed E-state index contributed by atoms with van der Waals surface area (Å²) >= 11 is 0. The third-order valence-electron chi connectivity index (χ3n) is 3.31. The van der Waals surface area contributed by atoms with E-state index in [1.807, 2.05) is 11.0 Å². The maximum atomic E-state index is 11.7. The van der Waals surface area contributed by atoms with Crippen LogP contribution in [0.1, 0.15) is 17.5 Å². The van der Waals surface area contributed by atoms with E-state index < -0.39 is 0 Å². The summed E-state index contributed by atoms with van der Waals surface area (Å²) in [6, 6.07) is 4.10. The number of anilines is 1. The van der Waals surface area contributed by atoms with Crippen molar-refractivity contribution in [2.24, 2.45) is 0 Å². The van der Waals surface area contributed by atoms with Gasteiger partial charge in [0.05, 0.1) is 12.8 Å². The van der Waals surface area contributed by atoms with Gasteiger partial charge in [0.25, 0.3) is 0 Å². The molecule has 0 spiro atoms. The van der Waals surface area contributed by atoms with E-state index in [0.29, 0.717) is 6.42 Å². The van der Waals surface area contributed by atoms with Crippen LogP contribution in [0.25, 0.3) is 0 Å². The van der Waals surface area contributed by atoms with Gasteiger partial charge in [-0.1, -0.05) is 6.07 Å². The minimum atomic E-state index is 0.259. The summed E-state index contributed by atoms with van der Waals surface area (Å²) in [6.07, 6.45) is 2.42. The Labute approximate surface area is 88.6 Å². The second-order valence-corrected chi connectivity index (χ2v) is 4.05. The summed E-state index contributed by atoms with van der Waals surface area (Å²) in [7, 11) is 1.69. The Morgan fingerprint density at radius 1 is 1.27 bits per heavy atom. The van der Waals surface area contributed by atoms with Crippen LogP contribution in [0.15, 0.2) is 12.1 Å². The molecule has 0 N–H and O–H groups in total.